The van der Waals surface area contributed by atoms with Crippen LogP contribution in [-0.2, 0) is 0 Å². The van der Waals surface area contributed by atoms with Gasteiger partial charge in [0.1, 0.15) is 0 Å². The van der Waals surface area contributed by atoms with Crippen molar-refractivity contribution in [1.29, 1.82) is 0 Å². The van der Waals surface area contributed by atoms with Gasteiger partial charge >= 0.3 is 6.03 Å². The van der Waals surface area contributed by atoms with Gasteiger partial charge in [0, 0.05) is 29.7 Å². The highest BCUT2D eigenvalue weighted by Gasteiger charge is 2.15. The molecule has 0 fully saturated rings. The molecule has 0 atom stereocenters. The molecule has 0 bridgehead atoms. The van der Waals surface area contributed by atoms with Crippen LogP contribution in [-0.4, -0.2) is 23.7 Å². The number of benzene rings is 2. The van der Waals surface area contributed by atoms with Crippen LogP contribution in [0.2, 0.25) is 0 Å². The average molecular weight is 376 g/mol. The van der Waals surface area contributed by atoms with Crippen molar-refractivity contribution in [3.05, 3.63) is 72.6 Å². The Labute approximate surface area is 160 Å². The lowest BCUT2D eigenvalue weighted by atomic mass is 10.2. The van der Waals surface area contributed by atoms with Crippen molar-refractivity contribution in [2.45, 2.75) is 0 Å². The van der Waals surface area contributed by atoms with Crippen LogP contribution in [0.25, 0.3) is 0 Å². The largest absolute Gasteiger partial charge is 0.454 e. The maximum atomic E-state index is 12.4. The molecule has 3 N–H and O–H groups in total. The van der Waals surface area contributed by atoms with E-state index in [2.05, 4.69) is 20.9 Å². The number of hydrogen-bond donors (Lipinski definition) is 3. The number of hydrogen-bond acceptors (Lipinski definition) is 5. The first kappa shape index (κ1) is 17.3. The minimum Gasteiger partial charge on any atom is -0.454 e. The van der Waals surface area contributed by atoms with Gasteiger partial charge in [-0.2, -0.15) is 0 Å². The number of urea groups is 1. The third-order valence-corrected chi connectivity index (χ3v) is 4.00. The van der Waals surface area contributed by atoms with E-state index in [1.165, 1.54) is 12.4 Å². The van der Waals surface area contributed by atoms with Crippen LogP contribution in [0.15, 0.2) is 67.0 Å². The number of rotatable bonds is 4. The molecule has 1 aliphatic rings. The summed E-state index contributed by atoms with van der Waals surface area (Å²) < 4.78 is 10.5. The zero-order valence-corrected chi connectivity index (χ0v) is 14.6. The average Bonchev–Trinajstić information content (AvgIpc) is 3.18. The van der Waals surface area contributed by atoms with Crippen LogP contribution in [0.3, 0.4) is 0 Å². The number of carbonyl (C=O) groups excluding carboxylic acids is 2. The lowest BCUT2D eigenvalue weighted by Gasteiger charge is -2.13. The molecule has 28 heavy (non-hydrogen) atoms. The molecule has 3 amide bonds. The molecular formula is C20H16N4O4. The van der Waals surface area contributed by atoms with Crippen LogP contribution >= 0.6 is 0 Å². The van der Waals surface area contributed by atoms with E-state index >= 15 is 0 Å². The predicted molar refractivity (Wildman–Crippen MR) is 104 cm³/mol. The Morgan fingerprint density at radius 2 is 1.54 bits per heavy atom. The van der Waals surface area contributed by atoms with Gasteiger partial charge in [-0.3, -0.25) is 9.78 Å². The topological polar surface area (TPSA) is 102 Å². The van der Waals surface area contributed by atoms with Crippen molar-refractivity contribution >= 4 is 29.0 Å². The van der Waals surface area contributed by atoms with E-state index in [1.807, 2.05) is 0 Å². The SMILES string of the molecule is O=C(Nc1ccc2c(c1)OCO2)Nc1ccccc1NC(=O)c1ccncc1. The number of amides is 3. The van der Waals surface area contributed by atoms with E-state index in [9.17, 15) is 9.59 Å². The van der Waals surface area contributed by atoms with E-state index in [4.69, 9.17) is 9.47 Å². The van der Waals surface area contributed by atoms with Crippen molar-refractivity contribution < 1.29 is 19.1 Å². The van der Waals surface area contributed by atoms with E-state index in [0.29, 0.717) is 34.1 Å². The first-order valence-electron chi connectivity index (χ1n) is 8.47. The number of pyridine rings is 1. The van der Waals surface area contributed by atoms with Gasteiger partial charge in [0.15, 0.2) is 11.5 Å². The zero-order chi connectivity index (χ0) is 19.3. The number of ether oxygens (including phenoxy) is 2. The second-order valence-electron chi connectivity index (χ2n) is 5.88. The number of anilines is 3. The lowest BCUT2D eigenvalue weighted by molar-refractivity contribution is 0.102. The molecule has 1 aromatic heterocycles. The van der Waals surface area contributed by atoms with Gasteiger partial charge in [-0.15, -0.1) is 0 Å². The zero-order valence-electron chi connectivity index (χ0n) is 14.6. The van der Waals surface area contributed by atoms with E-state index in [1.54, 1.807) is 54.6 Å². The van der Waals surface area contributed by atoms with Gasteiger partial charge in [-0.25, -0.2) is 4.79 Å². The number of nitrogens with one attached hydrogen (secondary N) is 3. The van der Waals surface area contributed by atoms with Gasteiger partial charge in [0.2, 0.25) is 6.79 Å². The minimum atomic E-state index is -0.454. The third-order valence-electron chi connectivity index (χ3n) is 4.00. The van der Waals surface area contributed by atoms with E-state index in [-0.39, 0.29) is 12.7 Å². The molecule has 3 aromatic rings. The summed E-state index contributed by atoms with van der Waals surface area (Å²) in [4.78, 5) is 28.6. The van der Waals surface area contributed by atoms with Gasteiger partial charge in [0.05, 0.1) is 11.4 Å². The summed E-state index contributed by atoms with van der Waals surface area (Å²) in [6.45, 7) is 0.162. The Kier molecular flexibility index (Phi) is 4.75. The summed E-state index contributed by atoms with van der Waals surface area (Å²) in [5, 5.41) is 8.24. The van der Waals surface area contributed by atoms with Gasteiger partial charge in [-0.05, 0) is 36.4 Å². The van der Waals surface area contributed by atoms with Crippen LogP contribution in [0.1, 0.15) is 10.4 Å². The predicted octanol–water partition coefficient (Wildman–Crippen LogP) is 3.71. The molecule has 2 heterocycles. The van der Waals surface area contributed by atoms with Crippen molar-refractivity contribution in [1.82, 2.24) is 4.98 Å². The molecule has 0 saturated carbocycles. The molecule has 2 aromatic carbocycles. The first-order valence-corrected chi connectivity index (χ1v) is 8.47. The highest BCUT2D eigenvalue weighted by molar-refractivity contribution is 6.08. The van der Waals surface area contributed by atoms with E-state index in [0.717, 1.165) is 0 Å². The highest BCUT2D eigenvalue weighted by atomic mass is 16.7. The molecule has 0 saturated heterocycles. The van der Waals surface area contributed by atoms with Crippen molar-refractivity contribution in [3.8, 4) is 11.5 Å². The Morgan fingerprint density at radius 1 is 0.821 bits per heavy atom. The molecule has 0 spiro atoms. The molecule has 4 rings (SSSR count). The summed E-state index contributed by atoms with van der Waals surface area (Å²) in [6.07, 6.45) is 3.08. The van der Waals surface area contributed by atoms with Gasteiger partial charge in [-0.1, -0.05) is 12.1 Å². The smallest absolute Gasteiger partial charge is 0.323 e. The molecule has 1 aliphatic heterocycles. The molecule has 8 heteroatoms. The van der Waals surface area contributed by atoms with Gasteiger partial charge in [0.25, 0.3) is 5.91 Å². The number of para-hydroxylation sites is 2. The second kappa shape index (κ2) is 7.67. The maximum Gasteiger partial charge on any atom is 0.323 e. The highest BCUT2D eigenvalue weighted by Crippen LogP contribution is 2.34. The van der Waals surface area contributed by atoms with Crippen LogP contribution in [0.5, 0.6) is 11.5 Å². The molecule has 0 aliphatic carbocycles. The number of fused-ring (bicyclic) bond motifs is 1. The summed E-state index contributed by atoms with van der Waals surface area (Å²) in [5.41, 5.74) is 1.96. The van der Waals surface area contributed by atoms with Gasteiger partial charge < -0.3 is 25.4 Å². The quantitative estimate of drug-likeness (QED) is 0.644. The standard InChI is InChI=1S/C20H16N4O4/c25-19(13-7-9-21-10-8-13)23-15-3-1-2-4-16(15)24-20(26)22-14-5-6-17-18(11-14)28-12-27-17/h1-11H,12H2,(H,23,25)(H2,22,24,26). The Hall–Kier alpha value is -4.07. The van der Waals surface area contributed by atoms with E-state index < -0.39 is 6.03 Å². The molecule has 8 nitrogen and oxygen atoms in total. The molecular weight excluding hydrogens is 360 g/mol. The molecule has 0 unspecified atom stereocenters. The number of nitrogens with zero attached hydrogens (tertiary/aromatic N) is 1. The number of aromatic nitrogens is 1. The normalized spacial score (nSPS) is 11.6. The minimum absolute atomic E-state index is 0.162. The fourth-order valence-electron chi connectivity index (χ4n) is 2.66. The summed E-state index contributed by atoms with van der Waals surface area (Å²) in [6, 6.07) is 14.8. The van der Waals surface area contributed by atoms with Crippen molar-refractivity contribution in [2.75, 3.05) is 22.7 Å². The maximum absolute atomic E-state index is 12.4. The summed E-state index contributed by atoms with van der Waals surface area (Å²) >= 11 is 0. The fourth-order valence-corrected chi connectivity index (χ4v) is 2.66. The van der Waals surface area contributed by atoms with Crippen molar-refractivity contribution in [2.24, 2.45) is 0 Å². The summed E-state index contributed by atoms with van der Waals surface area (Å²) in [5.74, 6) is 0.908. The number of carbonyl (C=O) groups is 2. The summed E-state index contributed by atoms with van der Waals surface area (Å²) in [7, 11) is 0. The van der Waals surface area contributed by atoms with Crippen LogP contribution in [0.4, 0.5) is 21.9 Å². The second-order valence-corrected chi connectivity index (χ2v) is 5.88. The molecule has 140 valence electrons. The Bertz CT molecular complexity index is 1020. The molecule has 0 radical (unpaired) electrons. The Morgan fingerprint density at radius 3 is 2.32 bits per heavy atom. The Balaban J connectivity index is 1.44. The first-order chi connectivity index (χ1) is 13.7. The van der Waals surface area contributed by atoms with Crippen molar-refractivity contribution in [3.63, 3.8) is 0 Å². The lowest BCUT2D eigenvalue weighted by Crippen LogP contribution is -2.21. The monoisotopic (exact) mass is 376 g/mol. The van der Waals surface area contributed by atoms with Crippen LogP contribution < -0.4 is 25.4 Å². The fraction of sp³-hybridized carbons (Fsp3) is 0.0500. The third kappa shape index (κ3) is 3.85. The van der Waals surface area contributed by atoms with Crippen LogP contribution in [0, 0.1) is 0 Å².